The van der Waals surface area contributed by atoms with Crippen LogP contribution < -0.4 is 4.74 Å². The van der Waals surface area contributed by atoms with Crippen LogP contribution in [-0.4, -0.2) is 16.7 Å². The van der Waals surface area contributed by atoms with Crippen molar-refractivity contribution in [3.63, 3.8) is 0 Å². The lowest BCUT2D eigenvalue weighted by atomic mass is 10.2. The highest BCUT2D eigenvalue weighted by molar-refractivity contribution is 6.31. The smallest absolute Gasteiger partial charge is 0.213 e. The molecule has 98 valence electrons. The number of pyridine rings is 1. The van der Waals surface area contributed by atoms with Crippen LogP contribution in [0.5, 0.6) is 5.88 Å². The van der Waals surface area contributed by atoms with E-state index in [4.69, 9.17) is 21.4 Å². The number of rotatable bonds is 5. The van der Waals surface area contributed by atoms with Gasteiger partial charge in [-0.3, -0.25) is 0 Å². The summed E-state index contributed by atoms with van der Waals surface area (Å²) in [4.78, 5) is 4.10. The lowest BCUT2D eigenvalue weighted by Gasteiger charge is -2.05. The molecule has 1 N–H and O–H groups in total. The third kappa shape index (κ3) is 4.09. The van der Waals surface area contributed by atoms with Crippen LogP contribution in [0.4, 0.5) is 0 Å². The average molecular weight is 276 g/mol. The Balaban J connectivity index is 1.91. The van der Waals surface area contributed by atoms with Gasteiger partial charge in [-0.05, 0) is 17.7 Å². The first kappa shape index (κ1) is 13.6. The maximum absolute atomic E-state index is 9.05. The first-order valence-electron chi connectivity index (χ1n) is 5.90. The van der Waals surface area contributed by atoms with E-state index in [0.717, 1.165) is 5.56 Å². The van der Waals surface area contributed by atoms with E-state index in [1.165, 1.54) is 0 Å². The van der Waals surface area contributed by atoms with E-state index in [0.29, 0.717) is 23.2 Å². The van der Waals surface area contributed by atoms with Crippen LogP contribution in [0.15, 0.2) is 48.5 Å². The second kappa shape index (κ2) is 6.92. The SMILES string of the molecule is OCc1nc(OCC=Cc2ccccc2)ccc1Cl. The summed E-state index contributed by atoms with van der Waals surface area (Å²) in [5.41, 5.74) is 1.54. The zero-order valence-electron chi connectivity index (χ0n) is 10.3. The fraction of sp³-hybridized carbons (Fsp3) is 0.133. The van der Waals surface area contributed by atoms with Crippen molar-refractivity contribution in [2.75, 3.05) is 6.61 Å². The number of hydrogen-bond acceptors (Lipinski definition) is 3. The fourth-order valence-electron chi connectivity index (χ4n) is 1.54. The first-order valence-corrected chi connectivity index (χ1v) is 6.28. The minimum atomic E-state index is -0.199. The van der Waals surface area contributed by atoms with Crippen molar-refractivity contribution in [2.24, 2.45) is 0 Å². The molecular weight excluding hydrogens is 262 g/mol. The fourth-order valence-corrected chi connectivity index (χ4v) is 1.70. The molecule has 0 amide bonds. The van der Waals surface area contributed by atoms with Crippen LogP contribution in [0, 0.1) is 0 Å². The molecule has 0 spiro atoms. The van der Waals surface area contributed by atoms with Gasteiger partial charge < -0.3 is 9.84 Å². The Kier molecular flexibility index (Phi) is 4.95. The normalized spacial score (nSPS) is 10.8. The molecular formula is C15H14ClNO2. The van der Waals surface area contributed by atoms with Gasteiger partial charge in [0.2, 0.25) is 5.88 Å². The van der Waals surface area contributed by atoms with Gasteiger partial charge in [-0.15, -0.1) is 0 Å². The molecule has 2 aromatic rings. The van der Waals surface area contributed by atoms with Crippen molar-refractivity contribution in [1.29, 1.82) is 0 Å². The van der Waals surface area contributed by atoms with Crippen LogP contribution in [0.25, 0.3) is 6.08 Å². The number of nitrogens with zero attached hydrogens (tertiary/aromatic N) is 1. The minimum absolute atomic E-state index is 0.199. The third-order valence-corrected chi connectivity index (χ3v) is 2.82. The van der Waals surface area contributed by atoms with E-state index in [-0.39, 0.29) is 6.61 Å². The summed E-state index contributed by atoms with van der Waals surface area (Å²) in [6, 6.07) is 13.3. The molecule has 0 aliphatic carbocycles. The highest BCUT2D eigenvalue weighted by Gasteiger charge is 2.02. The second-order valence-corrected chi connectivity index (χ2v) is 4.27. The number of benzene rings is 1. The summed E-state index contributed by atoms with van der Waals surface area (Å²) in [7, 11) is 0. The molecule has 1 aromatic heterocycles. The molecule has 0 saturated carbocycles. The number of aromatic nitrogens is 1. The molecule has 19 heavy (non-hydrogen) atoms. The van der Waals surface area contributed by atoms with E-state index in [9.17, 15) is 0 Å². The molecule has 0 bridgehead atoms. The number of halogens is 1. The largest absolute Gasteiger partial charge is 0.473 e. The Morgan fingerprint density at radius 3 is 2.68 bits per heavy atom. The van der Waals surface area contributed by atoms with E-state index < -0.39 is 0 Å². The standard InChI is InChI=1S/C15H14ClNO2/c16-13-8-9-15(17-14(13)11-18)19-10-4-7-12-5-2-1-3-6-12/h1-9,18H,10-11H2. The van der Waals surface area contributed by atoms with Crippen LogP contribution in [-0.2, 0) is 6.61 Å². The predicted molar refractivity (Wildman–Crippen MR) is 76.1 cm³/mol. The summed E-state index contributed by atoms with van der Waals surface area (Å²) in [5, 5.41) is 9.49. The number of aliphatic hydroxyl groups is 1. The van der Waals surface area contributed by atoms with Gasteiger partial charge in [0, 0.05) is 6.07 Å². The number of ether oxygens (including phenoxy) is 1. The Bertz CT molecular complexity index is 555. The zero-order chi connectivity index (χ0) is 13.5. The van der Waals surface area contributed by atoms with Crippen LogP contribution in [0.1, 0.15) is 11.3 Å². The van der Waals surface area contributed by atoms with Crippen molar-refractivity contribution in [2.45, 2.75) is 6.61 Å². The maximum Gasteiger partial charge on any atom is 0.213 e. The summed E-state index contributed by atoms with van der Waals surface area (Å²) in [5.74, 6) is 0.450. The Hall–Kier alpha value is -1.84. The molecule has 1 aromatic carbocycles. The molecule has 0 unspecified atom stereocenters. The molecule has 0 fully saturated rings. The lowest BCUT2D eigenvalue weighted by molar-refractivity contribution is 0.273. The van der Waals surface area contributed by atoms with Crippen molar-refractivity contribution in [1.82, 2.24) is 4.98 Å². The predicted octanol–water partition coefficient (Wildman–Crippen LogP) is 3.32. The molecule has 0 aliphatic rings. The van der Waals surface area contributed by atoms with Gasteiger partial charge in [0.15, 0.2) is 0 Å². The summed E-state index contributed by atoms with van der Waals surface area (Å²) < 4.78 is 5.46. The molecule has 0 atom stereocenters. The highest BCUT2D eigenvalue weighted by Crippen LogP contribution is 2.17. The summed E-state index contributed by atoms with van der Waals surface area (Å²) >= 11 is 5.85. The van der Waals surface area contributed by atoms with Crippen molar-refractivity contribution in [3.8, 4) is 5.88 Å². The molecule has 0 aliphatic heterocycles. The quantitative estimate of drug-likeness (QED) is 0.910. The van der Waals surface area contributed by atoms with Gasteiger partial charge in [-0.25, -0.2) is 4.98 Å². The van der Waals surface area contributed by atoms with Crippen LogP contribution >= 0.6 is 11.6 Å². The van der Waals surface area contributed by atoms with Gasteiger partial charge in [0.05, 0.1) is 17.3 Å². The maximum atomic E-state index is 9.05. The molecule has 1 heterocycles. The molecule has 2 rings (SSSR count). The monoisotopic (exact) mass is 275 g/mol. The van der Waals surface area contributed by atoms with Crippen LogP contribution in [0.2, 0.25) is 5.02 Å². The van der Waals surface area contributed by atoms with E-state index >= 15 is 0 Å². The molecule has 0 radical (unpaired) electrons. The summed E-state index contributed by atoms with van der Waals surface area (Å²) in [6.45, 7) is 0.213. The number of hydrogen-bond donors (Lipinski definition) is 1. The zero-order valence-corrected chi connectivity index (χ0v) is 11.0. The third-order valence-electron chi connectivity index (χ3n) is 2.48. The second-order valence-electron chi connectivity index (χ2n) is 3.86. The van der Waals surface area contributed by atoms with Gasteiger partial charge in [-0.2, -0.15) is 0 Å². The van der Waals surface area contributed by atoms with E-state index in [1.54, 1.807) is 12.1 Å². The van der Waals surface area contributed by atoms with Gasteiger partial charge in [-0.1, -0.05) is 48.0 Å². The van der Waals surface area contributed by atoms with E-state index in [2.05, 4.69) is 4.98 Å². The molecule has 0 saturated heterocycles. The summed E-state index contributed by atoms with van der Waals surface area (Å²) in [6.07, 6.45) is 3.88. The van der Waals surface area contributed by atoms with Crippen LogP contribution in [0.3, 0.4) is 0 Å². The molecule has 4 heteroatoms. The topological polar surface area (TPSA) is 42.4 Å². The van der Waals surface area contributed by atoms with Gasteiger partial charge in [0.1, 0.15) is 6.61 Å². The Morgan fingerprint density at radius 2 is 1.95 bits per heavy atom. The van der Waals surface area contributed by atoms with Crippen molar-refractivity contribution < 1.29 is 9.84 Å². The Morgan fingerprint density at radius 1 is 1.16 bits per heavy atom. The van der Waals surface area contributed by atoms with Crippen molar-refractivity contribution in [3.05, 3.63) is 64.8 Å². The Labute approximate surface area is 117 Å². The minimum Gasteiger partial charge on any atom is -0.473 e. The lowest BCUT2D eigenvalue weighted by Crippen LogP contribution is -1.99. The first-order chi connectivity index (χ1) is 9.29. The van der Waals surface area contributed by atoms with Gasteiger partial charge in [0.25, 0.3) is 0 Å². The average Bonchev–Trinajstić information content (AvgIpc) is 2.46. The number of aliphatic hydroxyl groups excluding tert-OH is 1. The van der Waals surface area contributed by atoms with E-state index in [1.807, 2.05) is 42.5 Å². The van der Waals surface area contributed by atoms with Gasteiger partial charge >= 0.3 is 0 Å². The highest BCUT2D eigenvalue weighted by atomic mass is 35.5. The molecule has 3 nitrogen and oxygen atoms in total. The van der Waals surface area contributed by atoms with Crippen molar-refractivity contribution >= 4 is 17.7 Å².